The molecular formula is C14H19N3O5. The number of H-pyrrole nitrogens is 1. The van der Waals surface area contributed by atoms with Crippen LogP contribution >= 0.6 is 0 Å². The fourth-order valence-electron chi connectivity index (χ4n) is 3.30. The fourth-order valence-corrected chi connectivity index (χ4v) is 3.30. The van der Waals surface area contributed by atoms with Crippen molar-refractivity contribution in [2.24, 2.45) is 5.16 Å². The van der Waals surface area contributed by atoms with Crippen LogP contribution < -0.4 is 0 Å². The van der Waals surface area contributed by atoms with E-state index in [0.29, 0.717) is 23.8 Å². The third-order valence-corrected chi connectivity index (χ3v) is 4.35. The Balaban J connectivity index is 1.66. The maximum atomic E-state index is 8.90. The number of ether oxygens (including phenoxy) is 4. The maximum absolute atomic E-state index is 8.90. The summed E-state index contributed by atoms with van der Waals surface area (Å²) in [6.07, 6.45) is -0.761. The van der Waals surface area contributed by atoms with Gasteiger partial charge in [0.25, 0.3) is 0 Å². The van der Waals surface area contributed by atoms with Crippen molar-refractivity contribution in [3.8, 4) is 0 Å². The van der Waals surface area contributed by atoms with E-state index < -0.39 is 11.6 Å². The van der Waals surface area contributed by atoms with E-state index >= 15 is 0 Å². The highest BCUT2D eigenvalue weighted by Crippen LogP contribution is 2.54. The third kappa shape index (κ3) is 1.84. The summed E-state index contributed by atoms with van der Waals surface area (Å²) in [7, 11) is 0. The van der Waals surface area contributed by atoms with Gasteiger partial charge in [-0.1, -0.05) is 5.16 Å². The van der Waals surface area contributed by atoms with Gasteiger partial charge in [0.05, 0.1) is 12.3 Å². The molecule has 1 aromatic rings. The van der Waals surface area contributed by atoms with Crippen LogP contribution in [0.2, 0.25) is 0 Å². The summed E-state index contributed by atoms with van der Waals surface area (Å²) in [5, 5.41) is 12.1. The summed E-state index contributed by atoms with van der Waals surface area (Å²) in [5.74, 6) is -1.01. The maximum Gasteiger partial charge on any atom is 0.212 e. The fraction of sp³-hybridized carbons (Fsp3) is 0.714. The summed E-state index contributed by atoms with van der Waals surface area (Å²) in [5.41, 5.74) is 1.96. The lowest BCUT2D eigenvalue weighted by molar-refractivity contribution is -0.187. The molecule has 0 aliphatic carbocycles. The molecule has 22 heavy (non-hydrogen) atoms. The van der Waals surface area contributed by atoms with E-state index in [-0.39, 0.29) is 18.3 Å². The molecule has 2 fully saturated rings. The lowest BCUT2D eigenvalue weighted by atomic mass is 10.0. The van der Waals surface area contributed by atoms with E-state index in [1.165, 1.54) is 0 Å². The zero-order valence-corrected chi connectivity index (χ0v) is 12.9. The van der Waals surface area contributed by atoms with Gasteiger partial charge in [-0.25, -0.2) is 4.98 Å². The highest BCUT2D eigenvalue weighted by Gasteiger charge is 2.60. The van der Waals surface area contributed by atoms with Gasteiger partial charge in [0, 0.05) is 0 Å². The monoisotopic (exact) mass is 309 g/mol. The average Bonchev–Trinajstić information content (AvgIpc) is 3.16. The van der Waals surface area contributed by atoms with E-state index in [0.717, 1.165) is 5.69 Å². The second-order valence-electron chi connectivity index (χ2n) is 6.47. The largest absolute Gasteiger partial charge is 0.411 e. The predicted octanol–water partition coefficient (Wildman–Crippen LogP) is 1.40. The van der Waals surface area contributed by atoms with E-state index in [9.17, 15) is 0 Å². The van der Waals surface area contributed by atoms with Gasteiger partial charge in [0.2, 0.25) is 5.79 Å². The molecule has 2 saturated heterocycles. The number of fused-ring (bicyclic) bond motifs is 5. The Hall–Kier alpha value is -1.48. The minimum absolute atomic E-state index is 0.200. The highest BCUT2D eigenvalue weighted by atomic mass is 16.8. The molecule has 4 heterocycles. The van der Waals surface area contributed by atoms with Crippen LogP contribution in [0.15, 0.2) is 5.16 Å². The molecule has 120 valence electrons. The first-order valence-electron chi connectivity index (χ1n) is 7.30. The van der Waals surface area contributed by atoms with E-state index in [4.69, 9.17) is 24.2 Å². The second-order valence-corrected chi connectivity index (χ2v) is 6.47. The van der Waals surface area contributed by atoms with Crippen LogP contribution in [0, 0.1) is 0 Å². The first-order valence-corrected chi connectivity index (χ1v) is 7.30. The molecule has 0 aromatic carbocycles. The Labute approximate surface area is 127 Å². The third-order valence-electron chi connectivity index (χ3n) is 4.35. The summed E-state index contributed by atoms with van der Waals surface area (Å²) in [4.78, 5) is 7.61. The molecule has 0 radical (unpaired) electrons. The second kappa shape index (κ2) is 4.29. The van der Waals surface area contributed by atoms with Crippen LogP contribution in [0.4, 0.5) is 0 Å². The normalized spacial score (nSPS) is 39.5. The smallest absolute Gasteiger partial charge is 0.212 e. The summed E-state index contributed by atoms with van der Waals surface area (Å²) in [6, 6.07) is 0. The molecule has 2 bridgehead atoms. The highest BCUT2D eigenvalue weighted by molar-refractivity contribution is 5.95. The number of hydrogen-bond donors (Lipinski definition) is 2. The van der Waals surface area contributed by atoms with Gasteiger partial charge < -0.3 is 29.1 Å². The van der Waals surface area contributed by atoms with Gasteiger partial charge in [-0.15, -0.1) is 0 Å². The van der Waals surface area contributed by atoms with E-state index in [1.54, 1.807) is 6.92 Å². The van der Waals surface area contributed by atoms with Gasteiger partial charge in [-0.3, -0.25) is 0 Å². The minimum atomic E-state index is -0.911. The van der Waals surface area contributed by atoms with Crippen molar-refractivity contribution in [2.75, 3.05) is 6.61 Å². The topological polar surface area (TPSA) is 98.2 Å². The van der Waals surface area contributed by atoms with Crippen molar-refractivity contribution in [3.63, 3.8) is 0 Å². The first kappa shape index (κ1) is 14.1. The molecule has 8 nitrogen and oxygen atoms in total. The summed E-state index contributed by atoms with van der Waals surface area (Å²) < 4.78 is 23.6. The molecule has 0 amide bonds. The molecule has 4 atom stereocenters. The standard InChI is InChI=1S/C14H19N3O5/c1-6(17-18)12-15-8-10-9(7-5-19-13(2,3)20-7)21-14(4,22-10)11(8)16-12/h7,9-10,18H,5H2,1-4H3,(H,15,16)/b17-6+/t7-,9-,10-,14?/m1/s1. The van der Waals surface area contributed by atoms with Crippen LogP contribution in [0.25, 0.3) is 0 Å². The SMILES string of the molecule is C/C(=N\O)c1nc2c([nH]1)[C@H]1OC2(C)O[C@@H]1[C@H]1COC(C)(C)O1. The molecule has 3 aliphatic rings. The zero-order chi connectivity index (χ0) is 15.7. The molecule has 4 rings (SSSR count). The molecular weight excluding hydrogens is 290 g/mol. The molecule has 0 saturated carbocycles. The number of aromatic nitrogens is 2. The van der Waals surface area contributed by atoms with Crippen molar-refractivity contribution in [2.45, 2.75) is 57.6 Å². The van der Waals surface area contributed by atoms with Crippen molar-refractivity contribution in [1.29, 1.82) is 0 Å². The van der Waals surface area contributed by atoms with Crippen molar-refractivity contribution in [3.05, 3.63) is 17.2 Å². The Bertz CT molecular complexity index is 655. The van der Waals surface area contributed by atoms with Crippen molar-refractivity contribution < 1.29 is 24.2 Å². The quantitative estimate of drug-likeness (QED) is 0.487. The average molecular weight is 309 g/mol. The van der Waals surface area contributed by atoms with E-state index in [1.807, 2.05) is 20.8 Å². The lowest BCUT2D eigenvalue weighted by Crippen LogP contribution is -2.38. The van der Waals surface area contributed by atoms with Crippen LogP contribution in [-0.2, 0) is 24.7 Å². The Kier molecular flexibility index (Phi) is 2.75. The predicted molar refractivity (Wildman–Crippen MR) is 73.5 cm³/mol. The summed E-state index contributed by atoms with van der Waals surface area (Å²) in [6.45, 7) is 7.73. The van der Waals surface area contributed by atoms with Crippen molar-refractivity contribution in [1.82, 2.24) is 9.97 Å². The van der Waals surface area contributed by atoms with Crippen molar-refractivity contribution >= 4 is 5.71 Å². The molecule has 8 heteroatoms. The van der Waals surface area contributed by atoms with Gasteiger partial charge in [0.15, 0.2) is 11.6 Å². The van der Waals surface area contributed by atoms with Gasteiger partial charge >= 0.3 is 0 Å². The minimum Gasteiger partial charge on any atom is -0.411 e. The van der Waals surface area contributed by atoms with Crippen LogP contribution in [0.1, 0.15) is 51.0 Å². The number of nitrogens with one attached hydrogen (secondary N) is 1. The number of rotatable bonds is 2. The molecule has 2 N–H and O–H groups in total. The number of hydrogen-bond acceptors (Lipinski definition) is 7. The number of oxime groups is 1. The Morgan fingerprint density at radius 3 is 2.73 bits per heavy atom. The van der Waals surface area contributed by atoms with Gasteiger partial charge in [-0.05, 0) is 27.7 Å². The van der Waals surface area contributed by atoms with Gasteiger partial charge in [-0.2, -0.15) is 0 Å². The molecule has 1 aromatic heterocycles. The Morgan fingerprint density at radius 1 is 1.32 bits per heavy atom. The van der Waals surface area contributed by atoms with Crippen LogP contribution in [0.3, 0.4) is 0 Å². The molecule has 1 unspecified atom stereocenters. The lowest BCUT2D eigenvalue weighted by Gasteiger charge is -2.27. The first-order chi connectivity index (χ1) is 10.3. The Morgan fingerprint density at radius 2 is 2.09 bits per heavy atom. The molecule has 3 aliphatic heterocycles. The molecule has 0 spiro atoms. The number of aromatic amines is 1. The number of nitrogens with zero attached hydrogens (tertiary/aromatic N) is 2. The van der Waals surface area contributed by atoms with E-state index in [2.05, 4.69) is 15.1 Å². The van der Waals surface area contributed by atoms with Gasteiger partial charge in [0.1, 0.15) is 29.7 Å². The number of imidazole rings is 1. The summed E-state index contributed by atoms with van der Waals surface area (Å²) >= 11 is 0. The van der Waals surface area contributed by atoms with Crippen LogP contribution in [0.5, 0.6) is 0 Å². The van der Waals surface area contributed by atoms with Crippen LogP contribution in [-0.4, -0.2) is 45.5 Å². The zero-order valence-electron chi connectivity index (χ0n) is 12.9.